The zero-order chi connectivity index (χ0) is 39.5. The third-order valence-electron chi connectivity index (χ3n) is 10.9. The van der Waals surface area contributed by atoms with Crippen molar-refractivity contribution in [1.29, 1.82) is 0 Å². The molecule has 1 heterocycles. The predicted octanol–water partition coefficient (Wildman–Crippen LogP) is 12.8. The fraction of sp³-hybridized carbons (Fsp3) is 0.500. The van der Waals surface area contributed by atoms with Gasteiger partial charge in [-0.25, -0.2) is 0 Å². The van der Waals surface area contributed by atoms with E-state index in [4.69, 9.17) is 13.6 Å². The molecule has 6 nitrogen and oxygen atoms in total. The van der Waals surface area contributed by atoms with Gasteiger partial charge in [0.1, 0.15) is 17.8 Å². The van der Waals surface area contributed by atoms with E-state index < -0.39 is 16.6 Å². The van der Waals surface area contributed by atoms with Crippen LogP contribution in [-0.4, -0.2) is 60.5 Å². The zero-order valence-electron chi connectivity index (χ0n) is 34.2. The molecule has 4 aromatic rings. The van der Waals surface area contributed by atoms with E-state index in [0.29, 0.717) is 52.0 Å². The number of morpholine rings is 1. The second kappa shape index (κ2) is 20.1. The smallest absolute Gasteiger partial charge is 0.258 e. The molecule has 290 valence electrons. The molecule has 1 saturated heterocycles. The molecule has 53 heavy (non-hydrogen) atoms. The van der Waals surface area contributed by atoms with Gasteiger partial charge in [-0.2, -0.15) is 0 Å². The summed E-state index contributed by atoms with van der Waals surface area (Å²) in [6, 6.07) is 24.9. The van der Waals surface area contributed by atoms with E-state index in [1.54, 1.807) is 4.90 Å². The van der Waals surface area contributed by atoms with E-state index in [-0.39, 0.29) is 0 Å². The second-order valence-electron chi connectivity index (χ2n) is 16.1. The number of benzene rings is 4. The van der Waals surface area contributed by atoms with Crippen LogP contribution in [0.5, 0.6) is 11.5 Å². The topological polar surface area (TPSA) is 65.1 Å². The lowest BCUT2D eigenvalue weighted by molar-refractivity contribution is -0.121. The van der Waals surface area contributed by atoms with E-state index >= 15 is 0 Å². The number of carbonyl (C=O) groups is 2. The first-order valence-electron chi connectivity index (χ1n) is 19.3. The van der Waals surface area contributed by atoms with Crippen molar-refractivity contribution in [2.75, 3.05) is 26.3 Å². The van der Waals surface area contributed by atoms with Gasteiger partial charge in [0.05, 0.1) is 13.2 Å². The minimum Gasteiger partial charge on any atom is -0.543 e. The first-order chi connectivity index (χ1) is 25.0. The summed E-state index contributed by atoms with van der Waals surface area (Å²) in [5, 5.41) is 4.67. The number of amides is 1. The highest BCUT2D eigenvalue weighted by atomic mass is 79.9. The highest BCUT2D eigenvalue weighted by Crippen LogP contribution is 2.44. The van der Waals surface area contributed by atoms with Crippen molar-refractivity contribution in [3.63, 3.8) is 0 Å². The molecule has 0 unspecified atom stereocenters. The Morgan fingerprint density at radius 3 is 1.32 bits per heavy atom. The fourth-order valence-corrected chi connectivity index (χ4v) is 19.3. The monoisotopic (exact) mass is 821 g/mol. The molecule has 1 fully saturated rings. The molecule has 1 amide bonds. The summed E-state index contributed by atoms with van der Waals surface area (Å²) in [6.45, 7) is 30.6. The van der Waals surface area contributed by atoms with Crippen molar-refractivity contribution in [2.24, 2.45) is 0 Å². The third-order valence-corrected chi connectivity index (χ3v) is 23.4. The first kappa shape index (κ1) is 44.4. The third kappa shape index (κ3) is 11.1. The fourth-order valence-electron chi connectivity index (χ4n) is 8.44. The Labute approximate surface area is 330 Å². The number of ether oxygens (including phenoxy) is 1. The summed E-state index contributed by atoms with van der Waals surface area (Å²) in [5.74, 6) is 1.98. The number of halogens is 1. The van der Waals surface area contributed by atoms with Crippen LogP contribution >= 0.6 is 15.9 Å². The summed E-state index contributed by atoms with van der Waals surface area (Å²) in [7, 11) is -3.81. The first-order valence-corrected chi connectivity index (χ1v) is 24.4. The van der Waals surface area contributed by atoms with E-state index in [9.17, 15) is 9.59 Å². The standard InChI is InChI=1S/C20H28O2Si.C19H27BrOSi.C5H9NO2/c1-14(2)23(15(3)4,16(5)6)22-20-10-9-18-11-17(13-21)7-8-19(18)12-20;1-13(2)22(14(3)4,15(5)6)21-19-10-8-16-11-18(20)9-7-17(16)12-19;7-5-6-1-3-8-4-2-6/h7-16H,1-6H3;7-15H,1-6H3;5H,1-4H2. The Balaban J connectivity index is 0.000000236. The van der Waals surface area contributed by atoms with E-state index in [2.05, 4.69) is 148 Å². The van der Waals surface area contributed by atoms with Gasteiger partial charge in [0.25, 0.3) is 16.6 Å². The van der Waals surface area contributed by atoms with Crippen LogP contribution in [0, 0.1) is 0 Å². The van der Waals surface area contributed by atoms with Crippen molar-refractivity contribution in [3.05, 3.63) is 82.8 Å². The highest BCUT2D eigenvalue weighted by Gasteiger charge is 2.48. The molecular formula is C44H64BrNO5Si2. The van der Waals surface area contributed by atoms with Gasteiger partial charge in [-0.1, -0.05) is 129 Å². The molecular weight excluding hydrogens is 759 g/mol. The van der Waals surface area contributed by atoms with Gasteiger partial charge in [-0.05, 0) is 97.3 Å². The Bertz CT molecular complexity index is 1720. The highest BCUT2D eigenvalue weighted by molar-refractivity contribution is 9.10. The molecule has 0 bridgehead atoms. The molecule has 1 aliphatic rings. The normalized spacial score (nSPS) is 13.8. The van der Waals surface area contributed by atoms with Crippen LogP contribution in [0.4, 0.5) is 0 Å². The Kier molecular flexibility index (Phi) is 16.8. The largest absolute Gasteiger partial charge is 0.543 e. The van der Waals surface area contributed by atoms with Gasteiger partial charge in [0, 0.05) is 23.1 Å². The van der Waals surface area contributed by atoms with Gasteiger partial charge in [0.2, 0.25) is 6.41 Å². The molecule has 0 aromatic heterocycles. The van der Waals surface area contributed by atoms with E-state index in [1.807, 2.05) is 24.3 Å². The number of hydrogen-bond donors (Lipinski definition) is 0. The summed E-state index contributed by atoms with van der Waals surface area (Å²) < 4.78 is 19.6. The predicted molar refractivity (Wildman–Crippen MR) is 233 cm³/mol. The quantitative estimate of drug-likeness (QED) is 0.105. The number of hydrogen-bond acceptors (Lipinski definition) is 5. The zero-order valence-corrected chi connectivity index (χ0v) is 37.8. The minimum absolute atomic E-state index is 0.552. The Morgan fingerprint density at radius 2 is 0.943 bits per heavy atom. The number of nitrogens with zero attached hydrogens (tertiary/aromatic N) is 1. The number of aldehydes is 1. The number of fused-ring (bicyclic) bond motifs is 2. The SMILES string of the molecule is CC(C)[Si](Oc1ccc2cc(Br)ccc2c1)(C(C)C)C(C)C.CC(C)[Si](Oc1ccc2cc(C=O)ccc2c1)(C(C)C)C(C)C.O=CN1CCOCC1. The van der Waals surface area contributed by atoms with Crippen LogP contribution in [0.3, 0.4) is 0 Å². The summed E-state index contributed by atoms with van der Waals surface area (Å²) >= 11 is 3.53. The minimum atomic E-state index is -1.93. The molecule has 0 aliphatic carbocycles. The van der Waals surface area contributed by atoms with Gasteiger partial charge in [-0.15, -0.1) is 0 Å². The van der Waals surface area contributed by atoms with Gasteiger partial charge in [0.15, 0.2) is 0 Å². The van der Waals surface area contributed by atoms with Gasteiger partial charge < -0.3 is 18.5 Å². The maximum Gasteiger partial charge on any atom is 0.258 e. The van der Waals surface area contributed by atoms with Crippen LogP contribution in [-0.2, 0) is 9.53 Å². The Morgan fingerprint density at radius 1 is 0.566 bits per heavy atom. The molecule has 4 aromatic carbocycles. The maximum absolute atomic E-state index is 10.9. The summed E-state index contributed by atoms with van der Waals surface area (Å²) in [6.07, 6.45) is 1.75. The lowest BCUT2D eigenvalue weighted by Gasteiger charge is -2.42. The molecule has 0 saturated carbocycles. The molecule has 5 rings (SSSR count). The van der Waals surface area contributed by atoms with E-state index in [1.165, 1.54) is 10.8 Å². The molecule has 0 atom stereocenters. The van der Waals surface area contributed by atoms with Gasteiger partial charge in [-0.3, -0.25) is 9.59 Å². The van der Waals surface area contributed by atoms with E-state index in [0.717, 1.165) is 52.5 Å². The summed E-state index contributed by atoms with van der Waals surface area (Å²) in [4.78, 5) is 22.7. The van der Waals surface area contributed by atoms with Crippen molar-refractivity contribution >= 4 is 66.8 Å². The molecule has 1 aliphatic heterocycles. The van der Waals surface area contributed by atoms with Gasteiger partial charge >= 0.3 is 0 Å². The van der Waals surface area contributed by atoms with Crippen LogP contribution in [0.2, 0.25) is 33.2 Å². The van der Waals surface area contributed by atoms with Crippen molar-refractivity contribution in [1.82, 2.24) is 4.90 Å². The van der Waals surface area contributed by atoms with Crippen molar-refractivity contribution < 1.29 is 23.2 Å². The van der Waals surface area contributed by atoms with Crippen LogP contribution in [0.15, 0.2) is 77.3 Å². The second-order valence-corrected chi connectivity index (χ2v) is 27.8. The van der Waals surface area contributed by atoms with Crippen LogP contribution < -0.4 is 8.85 Å². The lowest BCUT2D eigenvalue weighted by atomic mass is 10.1. The summed E-state index contributed by atoms with van der Waals surface area (Å²) in [5.41, 5.74) is 4.14. The molecule has 9 heteroatoms. The van der Waals surface area contributed by atoms with Crippen molar-refractivity contribution in [3.8, 4) is 11.5 Å². The number of carbonyl (C=O) groups excluding carboxylic acids is 2. The number of rotatable bonds is 12. The van der Waals surface area contributed by atoms with Crippen molar-refractivity contribution in [2.45, 2.75) is 116 Å². The lowest BCUT2D eigenvalue weighted by Crippen LogP contribution is -2.50. The van der Waals surface area contributed by atoms with Crippen LogP contribution in [0.1, 0.15) is 93.4 Å². The average molecular weight is 823 g/mol. The maximum atomic E-state index is 10.9. The average Bonchev–Trinajstić information content (AvgIpc) is 3.12. The Hall–Kier alpha value is -2.99. The van der Waals surface area contributed by atoms with Crippen LogP contribution in [0.25, 0.3) is 21.5 Å². The molecule has 0 N–H and O–H groups in total. The molecule has 0 radical (unpaired) electrons. The molecule has 0 spiro atoms.